The van der Waals surface area contributed by atoms with Crippen LogP contribution >= 0.6 is 0 Å². The van der Waals surface area contributed by atoms with Gasteiger partial charge in [-0.15, -0.1) is 0 Å². The van der Waals surface area contributed by atoms with Crippen LogP contribution in [0.25, 0.3) is 5.82 Å². The van der Waals surface area contributed by atoms with Crippen LogP contribution in [0.3, 0.4) is 0 Å². The average molecular weight is 336 g/mol. The third kappa shape index (κ3) is 2.98. The Kier molecular flexibility index (Phi) is 4.13. The zero-order valence-electron chi connectivity index (χ0n) is 15.1. The van der Waals surface area contributed by atoms with Crippen LogP contribution in [0.15, 0.2) is 36.8 Å². The Bertz CT molecular complexity index is 878. The Balaban J connectivity index is 1.60. The van der Waals surface area contributed by atoms with E-state index in [9.17, 15) is 0 Å². The van der Waals surface area contributed by atoms with Crippen LogP contribution < -0.4 is 0 Å². The number of pyridine rings is 1. The zero-order chi connectivity index (χ0) is 17.4. The number of likely N-dealkylation sites (tertiary alicyclic amines) is 1. The number of hydrogen-bond donors (Lipinski definition) is 0. The van der Waals surface area contributed by atoms with E-state index in [1.54, 1.807) is 0 Å². The van der Waals surface area contributed by atoms with Crippen LogP contribution in [0.1, 0.15) is 41.7 Å². The summed E-state index contributed by atoms with van der Waals surface area (Å²) < 4.78 is 3.98. The first-order valence-corrected chi connectivity index (χ1v) is 8.82. The molecule has 0 saturated carbocycles. The Labute approximate surface area is 148 Å². The van der Waals surface area contributed by atoms with Crippen molar-refractivity contribution in [3.63, 3.8) is 0 Å². The molecule has 6 heteroatoms. The Morgan fingerprint density at radius 2 is 2.12 bits per heavy atom. The molecule has 1 atom stereocenters. The van der Waals surface area contributed by atoms with Gasteiger partial charge in [-0.1, -0.05) is 6.07 Å². The van der Waals surface area contributed by atoms with Crippen molar-refractivity contribution in [2.45, 2.75) is 39.3 Å². The lowest BCUT2D eigenvalue weighted by Gasteiger charge is -2.24. The number of nitrogens with zero attached hydrogens (tertiary/aromatic N) is 6. The molecule has 4 heterocycles. The minimum atomic E-state index is 0.364. The van der Waals surface area contributed by atoms with Gasteiger partial charge in [-0.05, 0) is 45.4 Å². The van der Waals surface area contributed by atoms with E-state index in [1.165, 1.54) is 17.7 Å². The maximum Gasteiger partial charge on any atom is 0.138 e. The zero-order valence-corrected chi connectivity index (χ0v) is 15.1. The molecule has 0 amide bonds. The summed E-state index contributed by atoms with van der Waals surface area (Å²) in [5, 5.41) is 4.38. The van der Waals surface area contributed by atoms with E-state index < -0.39 is 0 Å². The molecule has 25 heavy (non-hydrogen) atoms. The van der Waals surface area contributed by atoms with Gasteiger partial charge in [0.25, 0.3) is 0 Å². The fourth-order valence-electron chi connectivity index (χ4n) is 3.65. The minimum Gasteiger partial charge on any atom is -0.290 e. The fraction of sp³-hybridized carbons (Fsp3) is 0.421. The molecule has 1 saturated heterocycles. The lowest BCUT2D eigenvalue weighted by atomic mass is 10.1. The van der Waals surface area contributed by atoms with E-state index >= 15 is 0 Å². The first-order valence-electron chi connectivity index (χ1n) is 8.82. The van der Waals surface area contributed by atoms with Crippen LogP contribution in [0.2, 0.25) is 0 Å². The highest BCUT2D eigenvalue weighted by Crippen LogP contribution is 2.32. The predicted molar refractivity (Wildman–Crippen MR) is 96.4 cm³/mol. The van der Waals surface area contributed by atoms with Crippen LogP contribution in [0.5, 0.6) is 0 Å². The molecule has 0 radical (unpaired) electrons. The van der Waals surface area contributed by atoms with Gasteiger partial charge in [0.1, 0.15) is 11.6 Å². The normalized spacial score (nSPS) is 18.1. The molecule has 0 unspecified atom stereocenters. The molecule has 130 valence electrons. The second-order valence-electron chi connectivity index (χ2n) is 6.77. The maximum atomic E-state index is 4.94. The van der Waals surface area contributed by atoms with Gasteiger partial charge in [-0.3, -0.25) is 14.1 Å². The second-order valence-corrected chi connectivity index (χ2v) is 6.77. The van der Waals surface area contributed by atoms with Gasteiger partial charge in [0, 0.05) is 37.2 Å². The van der Waals surface area contributed by atoms with E-state index in [-0.39, 0.29) is 0 Å². The molecule has 0 spiro atoms. The van der Waals surface area contributed by atoms with Gasteiger partial charge in [0.15, 0.2) is 0 Å². The maximum absolute atomic E-state index is 4.94. The summed E-state index contributed by atoms with van der Waals surface area (Å²) >= 11 is 0. The SMILES string of the molecule is Cc1nccn1-c1cccc([C@H]2CCCN2Cc2cnn(C)c2C)n1. The Hall–Kier alpha value is -2.47. The first kappa shape index (κ1) is 16.0. The van der Waals surface area contributed by atoms with Gasteiger partial charge >= 0.3 is 0 Å². The summed E-state index contributed by atoms with van der Waals surface area (Å²) in [5.41, 5.74) is 3.68. The van der Waals surface area contributed by atoms with Crippen molar-refractivity contribution in [1.82, 2.24) is 29.2 Å². The molecule has 1 aliphatic rings. The number of aromatic nitrogens is 5. The molecule has 3 aromatic rings. The molecule has 1 aliphatic heterocycles. The van der Waals surface area contributed by atoms with Crippen molar-refractivity contribution in [2.24, 2.45) is 7.05 Å². The fourth-order valence-corrected chi connectivity index (χ4v) is 3.65. The molecule has 0 aromatic carbocycles. The summed E-state index contributed by atoms with van der Waals surface area (Å²) in [6.45, 7) is 6.17. The summed E-state index contributed by atoms with van der Waals surface area (Å²) in [4.78, 5) is 11.8. The van der Waals surface area contributed by atoms with Gasteiger partial charge in [0.2, 0.25) is 0 Å². The topological polar surface area (TPSA) is 51.8 Å². The molecule has 3 aromatic heterocycles. The van der Waals surface area contributed by atoms with E-state index in [4.69, 9.17) is 4.98 Å². The van der Waals surface area contributed by atoms with Gasteiger partial charge in [0.05, 0.1) is 17.9 Å². The number of aryl methyl sites for hydroxylation is 2. The summed E-state index contributed by atoms with van der Waals surface area (Å²) in [6.07, 6.45) is 8.13. The Morgan fingerprint density at radius 1 is 1.24 bits per heavy atom. The lowest BCUT2D eigenvalue weighted by molar-refractivity contribution is 0.244. The van der Waals surface area contributed by atoms with Gasteiger partial charge in [-0.2, -0.15) is 5.10 Å². The van der Waals surface area contributed by atoms with Gasteiger partial charge in [-0.25, -0.2) is 9.97 Å². The van der Waals surface area contributed by atoms with Crippen molar-refractivity contribution in [3.8, 4) is 5.82 Å². The molecule has 6 nitrogen and oxygen atoms in total. The molecule has 4 rings (SSSR count). The van der Waals surface area contributed by atoms with Crippen molar-refractivity contribution in [3.05, 3.63) is 59.6 Å². The number of imidazole rings is 1. The highest BCUT2D eigenvalue weighted by Gasteiger charge is 2.28. The standard InChI is InChI=1S/C19H24N6/c1-14-16(12-21-23(14)3)13-24-10-5-7-18(24)17-6-4-8-19(22-17)25-11-9-20-15(25)2/h4,6,8-9,11-12,18H,5,7,10,13H2,1-3H3/t18-/m1/s1. The number of hydrogen-bond acceptors (Lipinski definition) is 4. The molecular weight excluding hydrogens is 312 g/mol. The monoisotopic (exact) mass is 336 g/mol. The number of rotatable bonds is 4. The second kappa shape index (κ2) is 6.44. The third-order valence-electron chi connectivity index (χ3n) is 5.24. The lowest BCUT2D eigenvalue weighted by Crippen LogP contribution is -2.24. The van der Waals surface area contributed by atoms with Crippen LogP contribution in [0, 0.1) is 13.8 Å². The molecular formula is C19H24N6. The highest BCUT2D eigenvalue weighted by molar-refractivity contribution is 5.28. The molecule has 0 N–H and O–H groups in total. The molecule has 0 aliphatic carbocycles. The minimum absolute atomic E-state index is 0.364. The van der Waals surface area contributed by atoms with Crippen molar-refractivity contribution >= 4 is 0 Å². The van der Waals surface area contributed by atoms with E-state index in [1.807, 2.05) is 47.9 Å². The summed E-state index contributed by atoms with van der Waals surface area (Å²) in [7, 11) is 2.00. The van der Waals surface area contributed by atoms with Crippen LogP contribution in [-0.2, 0) is 13.6 Å². The van der Waals surface area contributed by atoms with Gasteiger partial charge < -0.3 is 0 Å². The van der Waals surface area contributed by atoms with Crippen molar-refractivity contribution < 1.29 is 0 Å². The molecule has 1 fully saturated rings. The predicted octanol–water partition coefficient (Wildman–Crippen LogP) is 2.95. The van der Waals surface area contributed by atoms with E-state index in [0.29, 0.717) is 6.04 Å². The van der Waals surface area contributed by atoms with Crippen molar-refractivity contribution in [1.29, 1.82) is 0 Å². The van der Waals surface area contributed by atoms with Crippen LogP contribution in [0.4, 0.5) is 0 Å². The average Bonchev–Trinajstić information content (AvgIpc) is 3.32. The highest BCUT2D eigenvalue weighted by atomic mass is 15.3. The van der Waals surface area contributed by atoms with Crippen molar-refractivity contribution in [2.75, 3.05) is 6.54 Å². The first-order chi connectivity index (χ1) is 12.1. The summed E-state index contributed by atoms with van der Waals surface area (Å²) in [6, 6.07) is 6.66. The van der Waals surface area contributed by atoms with E-state index in [0.717, 1.165) is 36.8 Å². The molecule has 0 bridgehead atoms. The summed E-state index contributed by atoms with van der Waals surface area (Å²) in [5.74, 6) is 1.90. The largest absolute Gasteiger partial charge is 0.290 e. The smallest absolute Gasteiger partial charge is 0.138 e. The van der Waals surface area contributed by atoms with Crippen LogP contribution in [-0.4, -0.2) is 35.8 Å². The Morgan fingerprint density at radius 3 is 2.84 bits per heavy atom. The van der Waals surface area contributed by atoms with E-state index in [2.05, 4.69) is 34.0 Å². The third-order valence-corrected chi connectivity index (χ3v) is 5.24. The quantitative estimate of drug-likeness (QED) is 0.735.